The SMILES string of the molecule is CC(C)C(N)CCN(C)c1nc2ccccc2o1. The van der Waals surface area contributed by atoms with Gasteiger partial charge in [-0.2, -0.15) is 4.98 Å². The average molecular weight is 247 g/mol. The first kappa shape index (κ1) is 12.9. The van der Waals surface area contributed by atoms with Crippen molar-refractivity contribution in [1.82, 2.24) is 4.98 Å². The number of benzene rings is 1. The molecule has 0 saturated heterocycles. The molecule has 0 fully saturated rings. The Balaban J connectivity index is 2.02. The van der Waals surface area contributed by atoms with Gasteiger partial charge in [-0.05, 0) is 24.5 Å². The van der Waals surface area contributed by atoms with Crippen molar-refractivity contribution in [2.75, 3.05) is 18.5 Å². The summed E-state index contributed by atoms with van der Waals surface area (Å²) in [4.78, 5) is 6.47. The van der Waals surface area contributed by atoms with Crippen LogP contribution in [0.2, 0.25) is 0 Å². The first-order valence-electron chi connectivity index (χ1n) is 6.40. The standard InChI is InChI=1S/C14H21N3O/c1-10(2)11(15)8-9-17(3)14-16-12-6-4-5-7-13(12)18-14/h4-7,10-11H,8-9,15H2,1-3H3. The Morgan fingerprint density at radius 2 is 2.06 bits per heavy atom. The van der Waals surface area contributed by atoms with Gasteiger partial charge in [0.15, 0.2) is 5.58 Å². The summed E-state index contributed by atoms with van der Waals surface area (Å²) in [6.07, 6.45) is 0.937. The topological polar surface area (TPSA) is 55.3 Å². The van der Waals surface area contributed by atoms with Crippen LogP contribution in [-0.4, -0.2) is 24.6 Å². The minimum absolute atomic E-state index is 0.219. The maximum atomic E-state index is 6.04. The first-order valence-corrected chi connectivity index (χ1v) is 6.40. The quantitative estimate of drug-likeness (QED) is 0.882. The summed E-state index contributed by atoms with van der Waals surface area (Å²) in [5, 5.41) is 0. The highest BCUT2D eigenvalue weighted by Gasteiger charge is 2.13. The van der Waals surface area contributed by atoms with Crippen LogP contribution in [0.4, 0.5) is 6.01 Å². The third kappa shape index (κ3) is 2.82. The lowest BCUT2D eigenvalue weighted by Crippen LogP contribution is -2.31. The van der Waals surface area contributed by atoms with E-state index in [1.807, 2.05) is 36.2 Å². The van der Waals surface area contributed by atoms with E-state index in [2.05, 4.69) is 18.8 Å². The highest BCUT2D eigenvalue weighted by molar-refractivity contribution is 5.74. The zero-order chi connectivity index (χ0) is 13.1. The van der Waals surface area contributed by atoms with Crippen molar-refractivity contribution in [3.05, 3.63) is 24.3 Å². The number of para-hydroxylation sites is 2. The average Bonchev–Trinajstić information content (AvgIpc) is 2.79. The minimum atomic E-state index is 0.219. The summed E-state index contributed by atoms with van der Waals surface area (Å²) in [6.45, 7) is 5.14. The van der Waals surface area contributed by atoms with Crippen molar-refractivity contribution in [2.45, 2.75) is 26.3 Å². The molecule has 4 heteroatoms. The fraction of sp³-hybridized carbons (Fsp3) is 0.500. The number of nitrogens with zero attached hydrogens (tertiary/aromatic N) is 2. The molecule has 0 aliphatic rings. The minimum Gasteiger partial charge on any atom is -0.423 e. The fourth-order valence-corrected chi connectivity index (χ4v) is 1.80. The van der Waals surface area contributed by atoms with Crippen molar-refractivity contribution < 1.29 is 4.42 Å². The highest BCUT2D eigenvalue weighted by Crippen LogP contribution is 2.20. The van der Waals surface area contributed by atoms with E-state index in [0.29, 0.717) is 11.9 Å². The Labute approximate surface area is 108 Å². The van der Waals surface area contributed by atoms with Gasteiger partial charge in [0.25, 0.3) is 6.01 Å². The summed E-state index contributed by atoms with van der Waals surface area (Å²) >= 11 is 0. The van der Waals surface area contributed by atoms with Gasteiger partial charge in [0.05, 0.1) is 0 Å². The van der Waals surface area contributed by atoms with E-state index in [-0.39, 0.29) is 6.04 Å². The second kappa shape index (κ2) is 5.40. The molecule has 2 aromatic rings. The van der Waals surface area contributed by atoms with Gasteiger partial charge in [-0.3, -0.25) is 0 Å². The van der Waals surface area contributed by atoms with Crippen LogP contribution in [0.3, 0.4) is 0 Å². The van der Waals surface area contributed by atoms with Gasteiger partial charge in [0, 0.05) is 19.6 Å². The van der Waals surface area contributed by atoms with Crippen LogP contribution in [0, 0.1) is 5.92 Å². The van der Waals surface area contributed by atoms with Crippen molar-refractivity contribution in [3.63, 3.8) is 0 Å². The third-order valence-electron chi connectivity index (χ3n) is 3.26. The molecule has 1 aromatic carbocycles. The predicted octanol–water partition coefficient (Wildman–Crippen LogP) is 2.64. The highest BCUT2D eigenvalue weighted by atomic mass is 16.4. The monoisotopic (exact) mass is 247 g/mol. The zero-order valence-corrected chi connectivity index (χ0v) is 11.3. The normalized spacial score (nSPS) is 13.2. The van der Waals surface area contributed by atoms with Gasteiger partial charge in [-0.15, -0.1) is 0 Å². The summed E-state index contributed by atoms with van der Waals surface area (Å²) in [7, 11) is 1.98. The van der Waals surface area contributed by atoms with Gasteiger partial charge < -0.3 is 15.1 Å². The van der Waals surface area contributed by atoms with Crippen LogP contribution in [0.5, 0.6) is 0 Å². The van der Waals surface area contributed by atoms with Crippen molar-refractivity contribution >= 4 is 17.1 Å². The molecule has 0 radical (unpaired) electrons. The summed E-state index contributed by atoms with van der Waals surface area (Å²) in [5.74, 6) is 0.502. The molecule has 0 amide bonds. The first-order chi connectivity index (χ1) is 8.58. The second-order valence-corrected chi connectivity index (χ2v) is 5.08. The van der Waals surface area contributed by atoms with Crippen LogP contribution < -0.4 is 10.6 Å². The van der Waals surface area contributed by atoms with Crippen molar-refractivity contribution in [2.24, 2.45) is 11.7 Å². The number of rotatable bonds is 5. The number of hydrogen-bond acceptors (Lipinski definition) is 4. The number of oxazole rings is 1. The van der Waals surface area contributed by atoms with Gasteiger partial charge in [0.2, 0.25) is 0 Å². The predicted molar refractivity (Wildman–Crippen MR) is 74.7 cm³/mol. The van der Waals surface area contributed by atoms with Crippen molar-refractivity contribution in [1.29, 1.82) is 0 Å². The van der Waals surface area contributed by atoms with Crippen LogP contribution in [0.15, 0.2) is 28.7 Å². The lowest BCUT2D eigenvalue weighted by atomic mass is 10.0. The number of nitrogens with two attached hydrogens (primary N) is 1. The molecule has 98 valence electrons. The van der Waals surface area contributed by atoms with Gasteiger partial charge in [-0.25, -0.2) is 0 Å². The Morgan fingerprint density at radius 3 is 2.72 bits per heavy atom. The third-order valence-corrected chi connectivity index (χ3v) is 3.26. The fourth-order valence-electron chi connectivity index (χ4n) is 1.80. The Bertz CT molecular complexity index is 473. The molecule has 0 saturated carbocycles. The van der Waals surface area contributed by atoms with Crippen molar-refractivity contribution in [3.8, 4) is 0 Å². The Hall–Kier alpha value is -1.55. The number of hydrogen-bond donors (Lipinski definition) is 1. The van der Waals surface area contributed by atoms with E-state index in [0.717, 1.165) is 24.1 Å². The van der Waals surface area contributed by atoms with E-state index in [1.54, 1.807) is 0 Å². The number of anilines is 1. The molecular weight excluding hydrogens is 226 g/mol. The van der Waals surface area contributed by atoms with E-state index < -0.39 is 0 Å². The van der Waals surface area contributed by atoms with Gasteiger partial charge in [-0.1, -0.05) is 26.0 Å². The van der Waals surface area contributed by atoms with Gasteiger partial charge in [0.1, 0.15) is 5.52 Å². The van der Waals surface area contributed by atoms with Crippen LogP contribution in [0.25, 0.3) is 11.1 Å². The molecule has 1 unspecified atom stereocenters. The molecule has 0 spiro atoms. The van der Waals surface area contributed by atoms with E-state index >= 15 is 0 Å². The van der Waals surface area contributed by atoms with Gasteiger partial charge >= 0.3 is 0 Å². The zero-order valence-electron chi connectivity index (χ0n) is 11.3. The Kier molecular flexibility index (Phi) is 3.87. The molecule has 1 atom stereocenters. The molecule has 2 rings (SSSR count). The second-order valence-electron chi connectivity index (χ2n) is 5.08. The molecule has 2 N–H and O–H groups in total. The molecule has 0 bridgehead atoms. The molecule has 0 aliphatic carbocycles. The number of fused-ring (bicyclic) bond motifs is 1. The summed E-state index contributed by atoms with van der Waals surface area (Å²) in [5.41, 5.74) is 7.76. The molecule has 4 nitrogen and oxygen atoms in total. The smallest absolute Gasteiger partial charge is 0.298 e. The Morgan fingerprint density at radius 1 is 1.33 bits per heavy atom. The lowest BCUT2D eigenvalue weighted by Gasteiger charge is -2.19. The largest absolute Gasteiger partial charge is 0.423 e. The summed E-state index contributed by atoms with van der Waals surface area (Å²) < 4.78 is 5.70. The molecule has 1 heterocycles. The van der Waals surface area contributed by atoms with E-state index in [4.69, 9.17) is 10.2 Å². The lowest BCUT2D eigenvalue weighted by molar-refractivity contribution is 0.459. The van der Waals surface area contributed by atoms with E-state index in [9.17, 15) is 0 Å². The molecule has 0 aliphatic heterocycles. The molecule has 18 heavy (non-hydrogen) atoms. The van der Waals surface area contributed by atoms with Crippen LogP contribution in [-0.2, 0) is 0 Å². The maximum Gasteiger partial charge on any atom is 0.298 e. The molecule has 1 aromatic heterocycles. The number of aromatic nitrogens is 1. The van der Waals surface area contributed by atoms with E-state index in [1.165, 1.54) is 0 Å². The van der Waals surface area contributed by atoms with Crippen LogP contribution >= 0.6 is 0 Å². The summed E-state index contributed by atoms with van der Waals surface area (Å²) in [6, 6.07) is 8.68. The molecular formula is C14H21N3O. The maximum absolute atomic E-state index is 6.04. The van der Waals surface area contributed by atoms with Crippen LogP contribution in [0.1, 0.15) is 20.3 Å².